The van der Waals surface area contributed by atoms with E-state index in [0.717, 1.165) is 92.3 Å². The zero-order chi connectivity index (χ0) is 55.9. The van der Waals surface area contributed by atoms with Gasteiger partial charge in [-0.05, 0) is 130 Å². The molecule has 6 aliphatic rings. The molecule has 2 heterocycles. The smallest absolute Gasteiger partial charge is 0.323 e. The number of carbonyl (C=O) groups excluding carboxylic acids is 5. The van der Waals surface area contributed by atoms with Crippen LogP contribution in [0.3, 0.4) is 0 Å². The van der Waals surface area contributed by atoms with Gasteiger partial charge in [0.2, 0.25) is 11.8 Å². The van der Waals surface area contributed by atoms with E-state index in [1.165, 1.54) is 36.4 Å². The lowest BCUT2D eigenvalue weighted by Crippen LogP contribution is -2.52. The van der Waals surface area contributed by atoms with E-state index in [2.05, 4.69) is 21.9 Å². The third-order valence-corrected chi connectivity index (χ3v) is 15.4. The number of Topliss-reactive ketones (excluding diaryl/α,β-unsaturated/α-hetero) is 1. The van der Waals surface area contributed by atoms with Gasteiger partial charge in [-0.3, -0.25) is 28.8 Å². The van der Waals surface area contributed by atoms with Crippen LogP contribution in [-0.2, 0) is 44.7 Å². The van der Waals surface area contributed by atoms with E-state index in [1.54, 1.807) is 26.0 Å². The fraction of sp³-hybridized carbons (Fsp3) is 0.508. The fourth-order valence-corrected chi connectivity index (χ4v) is 12.1. The van der Waals surface area contributed by atoms with Gasteiger partial charge >= 0.3 is 17.9 Å². The van der Waals surface area contributed by atoms with Gasteiger partial charge in [-0.2, -0.15) is 0 Å². The van der Waals surface area contributed by atoms with Crippen molar-refractivity contribution in [2.24, 2.45) is 11.8 Å². The normalized spacial score (nSPS) is 20.9. The van der Waals surface area contributed by atoms with Crippen LogP contribution in [0.25, 0.3) is 0 Å². The Kier molecular flexibility index (Phi) is 23.3. The molecule has 427 valence electrons. The van der Waals surface area contributed by atoms with Gasteiger partial charge in [-0.25, -0.2) is 8.78 Å². The summed E-state index contributed by atoms with van der Waals surface area (Å²) in [5, 5.41) is 16.6. The number of amides is 2. The molecule has 0 spiro atoms. The predicted molar refractivity (Wildman–Crippen MR) is 303 cm³/mol. The van der Waals surface area contributed by atoms with E-state index >= 15 is 0 Å². The fourth-order valence-electron chi connectivity index (χ4n) is 12.1. The lowest BCUT2D eigenvalue weighted by molar-refractivity contribution is -0.147. The molecule has 4 fully saturated rings. The molecule has 10 rings (SSSR count). The molecule has 2 amide bonds. The van der Waals surface area contributed by atoms with Gasteiger partial charge in [0.1, 0.15) is 18.2 Å². The highest BCUT2D eigenvalue weighted by Gasteiger charge is 2.52. The quantitative estimate of drug-likeness (QED) is 0.0484. The van der Waals surface area contributed by atoms with Crippen molar-refractivity contribution in [3.63, 3.8) is 0 Å². The van der Waals surface area contributed by atoms with Gasteiger partial charge in [0.05, 0.1) is 44.7 Å². The molecule has 4 aromatic carbocycles. The van der Waals surface area contributed by atoms with E-state index in [1.807, 2.05) is 46.2 Å². The number of halogens is 2. The number of benzene rings is 4. The molecule has 6 unspecified atom stereocenters. The van der Waals surface area contributed by atoms with Gasteiger partial charge in [-0.15, -0.1) is 0 Å². The summed E-state index contributed by atoms with van der Waals surface area (Å²) in [6.07, 6.45) is 10.7. The van der Waals surface area contributed by atoms with Crippen LogP contribution in [-0.4, -0.2) is 115 Å². The van der Waals surface area contributed by atoms with Crippen molar-refractivity contribution in [2.75, 3.05) is 41.8 Å². The average molecular weight is 1100 g/mol. The van der Waals surface area contributed by atoms with Crippen LogP contribution in [0.2, 0.25) is 0 Å². The van der Waals surface area contributed by atoms with Crippen molar-refractivity contribution in [1.82, 2.24) is 9.80 Å². The summed E-state index contributed by atoms with van der Waals surface area (Å²) in [7, 11) is 0.250. The van der Waals surface area contributed by atoms with Crippen LogP contribution in [0.4, 0.5) is 25.8 Å². The molecule has 1 radical (unpaired) electrons. The summed E-state index contributed by atoms with van der Waals surface area (Å²) in [5.41, 5.74) is 10.7. The monoisotopic (exact) mass is 1090 g/mol. The minimum Gasteiger partial charge on any atom is -0.480 e. The number of ether oxygens (including phenoxy) is 2. The van der Waals surface area contributed by atoms with Crippen LogP contribution < -0.4 is 15.5 Å². The Morgan fingerprint density at radius 1 is 0.620 bits per heavy atom. The average Bonchev–Trinajstić information content (AvgIpc) is 4.41. The first kappa shape index (κ1) is 61.4. The summed E-state index contributed by atoms with van der Waals surface area (Å²) in [5.74, 6) is -1.50. The third kappa shape index (κ3) is 16.2. The number of hydrogen-bond donors (Lipinski definition) is 3. The van der Waals surface area contributed by atoms with Crippen LogP contribution in [0.1, 0.15) is 147 Å². The number of carboxylic acid groups (broad SMARTS) is 1. The van der Waals surface area contributed by atoms with Gasteiger partial charge in [-0.1, -0.05) is 76.2 Å². The largest absolute Gasteiger partial charge is 0.480 e. The minimum absolute atomic E-state index is 0. The van der Waals surface area contributed by atoms with Gasteiger partial charge in [0.25, 0.3) is 8.01 Å². The van der Waals surface area contributed by atoms with E-state index in [9.17, 15) is 42.7 Å². The lowest BCUT2D eigenvalue weighted by Gasteiger charge is -2.48. The molecule has 4 aliphatic carbocycles. The van der Waals surface area contributed by atoms with E-state index < -0.39 is 5.97 Å². The Labute approximate surface area is 467 Å². The van der Waals surface area contributed by atoms with E-state index in [-0.39, 0.29) is 151 Å². The molecule has 79 heavy (non-hydrogen) atoms. The molecule has 2 aliphatic heterocycles. The number of para-hydroxylation sites is 2. The highest BCUT2D eigenvalue weighted by Crippen LogP contribution is 2.54. The lowest BCUT2D eigenvalue weighted by atomic mass is 9.81. The Balaban J connectivity index is 0.000000245. The number of fused-ring (bicyclic) bond motifs is 4. The number of rotatable bonds is 18. The molecule has 18 heteroatoms. The third-order valence-electron chi connectivity index (χ3n) is 15.4. The molecule has 0 bridgehead atoms. The minimum atomic E-state index is -0.835. The standard InChI is InChI=1S/C30H35FN2O4.C23H30N2O5.C6H6FN.2CH4.BH2O/c1-2-37-29(36)17-16-28(35)33(22-14-15-22)30-24-6-3-4-8-26(24)32(27-9-5-7-25(27)30)19-23(34)18-20-10-12-21(31)13-11-20;1-2-30-22(29)13-12-20(26)25(15-10-11-15)23-16-6-3-4-8-18(16)24(14-21(27)28)19-9-5-7-17(19)23;7-5-1-3-6(8)4-2-5;;;1-2/h3-4,6,8,10-13,22,25,27,30H,2,5,7,9,14-19H2,1H3;3-4,6,8,15,17,19,23H,2,5,7,9-14H2,1H3,(H,27,28);1-4H,8H2;2*1H4;1-2H/i;;;;;1T. The van der Waals surface area contributed by atoms with Gasteiger partial charge in [0, 0.05) is 73.7 Å². The molecular weight excluding hydrogens is 1010 g/mol. The Morgan fingerprint density at radius 2 is 1.03 bits per heavy atom. The summed E-state index contributed by atoms with van der Waals surface area (Å²) in [6.45, 7) is 4.44. The molecule has 0 saturated heterocycles. The molecule has 6 atom stereocenters. The summed E-state index contributed by atoms with van der Waals surface area (Å²) in [4.78, 5) is 83.7. The summed E-state index contributed by atoms with van der Waals surface area (Å²) < 4.78 is 41.0. The molecular formula is C61H81BF2N5O10. The van der Waals surface area contributed by atoms with Crippen LogP contribution in [0.5, 0.6) is 0 Å². The summed E-state index contributed by atoms with van der Waals surface area (Å²) >= 11 is 0. The number of esters is 2. The van der Waals surface area contributed by atoms with Crippen LogP contribution in [0.15, 0.2) is 97.1 Å². The molecule has 4 N–H and O–H groups in total. The van der Waals surface area contributed by atoms with Crippen LogP contribution in [0, 0.1) is 23.5 Å². The first-order valence-electron chi connectivity index (χ1n) is 27.7. The number of anilines is 3. The number of carboxylic acids is 1. The van der Waals surface area contributed by atoms with Gasteiger partial charge in [0.15, 0.2) is 5.78 Å². The number of hydrogen-bond acceptors (Lipinski definition) is 12. The number of nitrogens with zero attached hydrogens (tertiary/aromatic N) is 4. The van der Waals surface area contributed by atoms with Crippen molar-refractivity contribution >= 4 is 60.6 Å². The van der Waals surface area contributed by atoms with E-state index in [4.69, 9.17) is 21.6 Å². The topological polar surface area (TPSA) is 200 Å². The SMILES string of the molecule is C.C.CCOC(=O)CCC(=O)N(C1CC1)C1c2ccccc2N(CC(=O)Cc2ccc(F)cc2)C2CCCC21.CCOC(=O)CCC(=O)N(C1CC1)C1c2ccccc2N(CC(=O)O)C2CCCC21.Nc1ccc(F)cc1.[3H][B]O. The number of aliphatic carboxylic acids is 1. The van der Waals surface area contributed by atoms with Crippen molar-refractivity contribution in [1.29, 1.82) is 1.34 Å². The Hall–Kier alpha value is -6.82. The van der Waals surface area contributed by atoms with E-state index in [0.29, 0.717) is 25.4 Å². The van der Waals surface area contributed by atoms with Crippen molar-refractivity contribution < 1.29 is 57.2 Å². The van der Waals surface area contributed by atoms with Crippen molar-refractivity contribution in [2.45, 2.75) is 161 Å². The second-order valence-electron chi connectivity index (χ2n) is 20.5. The van der Waals surface area contributed by atoms with Crippen LogP contribution >= 0.6 is 0 Å². The number of nitrogens with two attached hydrogens (primary N) is 1. The highest BCUT2D eigenvalue weighted by atomic mass is 19.1. The maximum atomic E-state index is 13.5. The first-order chi connectivity index (χ1) is 37.7. The zero-order valence-electron chi connectivity index (χ0n) is 45.2. The molecule has 15 nitrogen and oxygen atoms in total. The second kappa shape index (κ2) is 30.0. The van der Waals surface area contributed by atoms with Gasteiger partial charge < -0.3 is 44.9 Å². The number of nitrogen functional groups attached to an aromatic ring is 1. The zero-order valence-corrected chi connectivity index (χ0v) is 44.2. The molecule has 0 aromatic heterocycles. The van der Waals surface area contributed by atoms with Crippen molar-refractivity contribution in [3.05, 3.63) is 125 Å². The number of ketones is 1. The highest BCUT2D eigenvalue weighted by molar-refractivity contribution is 5.95. The molecule has 4 aromatic rings. The molecule has 4 saturated carbocycles. The predicted octanol–water partition coefficient (Wildman–Crippen LogP) is 9.61. The Morgan fingerprint density at radius 3 is 1.42 bits per heavy atom. The first-order valence-corrected chi connectivity index (χ1v) is 27.2. The number of carbonyl (C=O) groups is 6. The maximum Gasteiger partial charge on any atom is 0.323 e. The summed E-state index contributed by atoms with van der Waals surface area (Å²) in [6, 6.07) is 28.5. The van der Waals surface area contributed by atoms with Crippen molar-refractivity contribution in [3.8, 4) is 0 Å². The maximum absolute atomic E-state index is 13.5. The second-order valence-corrected chi connectivity index (χ2v) is 20.5. The Bertz CT molecular complexity index is 2660.